The summed E-state index contributed by atoms with van der Waals surface area (Å²) in [6.07, 6.45) is 10.4. The van der Waals surface area contributed by atoms with Crippen LogP contribution in [-0.4, -0.2) is 33.2 Å². The maximum absolute atomic E-state index is 13.1. The third-order valence-electron chi connectivity index (χ3n) is 6.18. The van der Waals surface area contributed by atoms with E-state index in [1.54, 1.807) is 49.1 Å². The zero-order chi connectivity index (χ0) is 26.5. The maximum atomic E-state index is 13.1. The molecule has 9 heteroatoms. The van der Waals surface area contributed by atoms with Gasteiger partial charge in [-0.2, -0.15) is 0 Å². The Kier molecular flexibility index (Phi) is 7.19. The van der Waals surface area contributed by atoms with E-state index in [9.17, 15) is 14.0 Å². The smallest absolute Gasteiger partial charge is 0.255 e. The quantitative estimate of drug-likeness (QED) is 0.265. The zero-order valence-corrected chi connectivity index (χ0v) is 20.3. The molecule has 2 aromatic carbocycles. The van der Waals surface area contributed by atoms with Crippen molar-refractivity contribution in [2.45, 2.75) is 12.6 Å². The minimum Gasteiger partial charge on any atom is -0.366 e. The fourth-order valence-corrected chi connectivity index (χ4v) is 4.24. The van der Waals surface area contributed by atoms with E-state index in [1.165, 1.54) is 12.1 Å². The van der Waals surface area contributed by atoms with Crippen molar-refractivity contribution in [1.29, 1.82) is 0 Å². The number of carbonyl (C=O) groups is 2. The number of amides is 1. The number of ketones is 1. The summed E-state index contributed by atoms with van der Waals surface area (Å²) in [6.45, 7) is 0.692. The summed E-state index contributed by atoms with van der Waals surface area (Å²) in [7, 11) is 0. The highest BCUT2D eigenvalue weighted by atomic mass is 19.1. The Hall–Kier alpha value is -4.89. The minimum atomic E-state index is -0.713. The molecule has 1 aliphatic carbocycles. The second-order valence-electron chi connectivity index (χ2n) is 8.75. The van der Waals surface area contributed by atoms with Gasteiger partial charge < -0.3 is 21.4 Å². The molecular weight excluding hydrogens is 483 g/mol. The number of imidazole rings is 1. The predicted molar refractivity (Wildman–Crippen MR) is 144 cm³/mol. The number of hydrogen-bond acceptors (Lipinski definition) is 6. The number of aromatic nitrogens is 3. The summed E-state index contributed by atoms with van der Waals surface area (Å²) >= 11 is 0. The van der Waals surface area contributed by atoms with E-state index in [-0.39, 0.29) is 24.1 Å². The zero-order valence-electron chi connectivity index (χ0n) is 20.3. The molecule has 0 bridgehead atoms. The van der Waals surface area contributed by atoms with Crippen LogP contribution in [0.4, 0.5) is 10.2 Å². The first-order valence-electron chi connectivity index (χ1n) is 12.0. The van der Waals surface area contributed by atoms with Gasteiger partial charge in [-0.25, -0.2) is 14.4 Å². The first kappa shape index (κ1) is 24.8. The minimum absolute atomic E-state index is 0.127. The third kappa shape index (κ3) is 5.42. The van der Waals surface area contributed by atoms with E-state index >= 15 is 0 Å². The van der Waals surface area contributed by atoms with Gasteiger partial charge in [0.25, 0.3) is 5.91 Å². The lowest BCUT2D eigenvalue weighted by molar-refractivity contribution is -0.114. The van der Waals surface area contributed by atoms with Crippen LogP contribution in [0.2, 0.25) is 0 Å². The molecule has 8 nitrogen and oxygen atoms in total. The number of rotatable bonds is 8. The predicted octanol–water partition coefficient (Wildman–Crippen LogP) is 4.12. The van der Waals surface area contributed by atoms with Crippen LogP contribution < -0.4 is 16.4 Å². The molecule has 1 atom stereocenters. The van der Waals surface area contributed by atoms with Crippen molar-refractivity contribution in [3.63, 3.8) is 0 Å². The summed E-state index contributed by atoms with van der Waals surface area (Å²) in [5, 5.41) is 6.00. The number of anilines is 1. The van der Waals surface area contributed by atoms with E-state index in [0.29, 0.717) is 23.5 Å². The van der Waals surface area contributed by atoms with Crippen LogP contribution in [0.25, 0.3) is 17.7 Å². The molecule has 1 aliphatic rings. The Morgan fingerprint density at radius 1 is 1.16 bits per heavy atom. The topological polar surface area (TPSA) is 126 Å². The molecule has 1 unspecified atom stereocenters. The van der Waals surface area contributed by atoms with Crippen LogP contribution in [0.3, 0.4) is 0 Å². The molecule has 190 valence electrons. The van der Waals surface area contributed by atoms with Gasteiger partial charge in [-0.1, -0.05) is 36.4 Å². The van der Waals surface area contributed by atoms with Crippen LogP contribution in [0.15, 0.2) is 79.4 Å². The van der Waals surface area contributed by atoms with Gasteiger partial charge in [-0.05, 0) is 58.7 Å². The normalized spacial score (nSPS) is 15.7. The fourth-order valence-electron chi connectivity index (χ4n) is 4.24. The molecule has 1 amide bonds. The van der Waals surface area contributed by atoms with Crippen LogP contribution in [0.5, 0.6) is 0 Å². The highest BCUT2D eigenvalue weighted by Crippen LogP contribution is 2.37. The van der Waals surface area contributed by atoms with Crippen molar-refractivity contribution in [2.75, 3.05) is 11.9 Å². The van der Waals surface area contributed by atoms with Gasteiger partial charge in [-0.3, -0.25) is 9.59 Å². The Labute approximate surface area is 218 Å². The SMILES string of the molecule is NC1C(=O)/C(=C\c2cnc[nH]2)c2ccc(/C=C/CNc3ncccc3C(=O)NCc3ccc(F)cc3)cc21. The summed E-state index contributed by atoms with van der Waals surface area (Å²) < 4.78 is 13.1. The molecule has 0 spiro atoms. The number of hydrogen-bond donors (Lipinski definition) is 4. The largest absolute Gasteiger partial charge is 0.366 e. The van der Waals surface area contributed by atoms with Crippen molar-refractivity contribution in [3.8, 4) is 0 Å². The lowest BCUT2D eigenvalue weighted by Gasteiger charge is -2.10. The van der Waals surface area contributed by atoms with E-state index in [0.717, 1.165) is 27.9 Å². The average molecular weight is 509 g/mol. The van der Waals surface area contributed by atoms with Crippen LogP contribution in [0.1, 0.15) is 44.3 Å². The number of nitrogens with two attached hydrogens (primary N) is 1. The number of halogens is 1. The number of aromatic amines is 1. The van der Waals surface area contributed by atoms with E-state index < -0.39 is 6.04 Å². The number of H-pyrrole nitrogens is 1. The van der Waals surface area contributed by atoms with Crippen LogP contribution in [0, 0.1) is 5.82 Å². The molecule has 0 fully saturated rings. The van der Waals surface area contributed by atoms with Crippen molar-refractivity contribution >= 4 is 35.2 Å². The molecular formula is C29H25FN6O2. The second kappa shape index (κ2) is 11.0. The highest BCUT2D eigenvalue weighted by Gasteiger charge is 2.32. The Morgan fingerprint density at radius 2 is 2.00 bits per heavy atom. The first-order valence-corrected chi connectivity index (χ1v) is 12.0. The van der Waals surface area contributed by atoms with Crippen LogP contribution in [-0.2, 0) is 11.3 Å². The number of pyridine rings is 1. The Morgan fingerprint density at radius 3 is 2.79 bits per heavy atom. The molecule has 0 radical (unpaired) electrons. The molecule has 4 aromatic rings. The van der Waals surface area contributed by atoms with Gasteiger partial charge in [0.1, 0.15) is 11.6 Å². The number of Topliss-reactive ketones (excluding diaryl/α,β-unsaturated/α-hetero) is 1. The lowest BCUT2D eigenvalue weighted by atomic mass is 10.0. The van der Waals surface area contributed by atoms with Gasteiger partial charge in [0.15, 0.2) is 5.78 Å². The second-order valence-corrected chi connectivity index (χ2v) is 8.75. The van der Waals surface area contributed by atoms with Gasteiger partial charge in [0.05, 0.1) is 29.8 Å². The average Bonchev–Trinajstić information content (AvgIpc) is 3.54. The van der Waals surface area contributed by atoms with Gasteiger partial charge >= 0.3 is 0 Å². The maximum Gasteiger partial charge on any atom is 0.255 e. The molecule has 0 saturated heterocycles. The van der Waals surface area contributed by atoms with E-state index in [1.807, 2.05) is 30.4 Å². The number of fused-ring (bicyclic) bond motifs is 1. The number of carbonyl (C=O) groups excluding carboxylic acids is 2. The van der Waals surface area contributed by atoms with Gasteiger partial charge in [0.2, 0.25) is 0 Å². The van der Waals surface area contributed by atoms with E-state index in [4.69, 9.17) is 5.73 Å². The van der Waals surface area contributed by atoms with Crippen molar-refractivity contribution in [3.05, 3.63) is 119 Å². The van der Waals surface area contributed by atoms with Crippen molar-refractivity contribution < 1.29 is 14.0 Å². The highest BCUT2D eigenvalue weighted by molar-refractivity contribution is 6.31. The monoisotopic (exact) mass is 508 g/mol. The molecule has 5 rings (SSSR count). The summed E-state index contributed by atoms with van der Waals surface area (Å²) in [4.78, 5) is 36.7. The number of nitrogens with zero attached hydrogens (tertiary/aromatic N) is 2. The van der Waals surface area contributed by atoms with Gasteiger partial charge in [0, 0.05) is 24.9 Å². The summed E-state index contributed by atoms with van der Waals surface area (Å²) in [6, 6.07) is 14.4. The molecule has 2 heterocycles. The van der Waals surface area contributed by atoms with Gasteiger partial charge in [-0.15, -0.1) is 0 Å². The van der Waals surface area contributed by atoms with Crippen molar-refractivity contribution in [1.82, 2.24) is 20.3 Å². The molecule has 0 aliphatic heterocycles. The Balaban J connectivity index is 1.23. The van der Waals surface area contributed by atoms with Crippen molar-refractivity contribution in [2.24, 2.45) is 5.73 Å². The Bertz CT molecular complexity index is 1530. The molecule has 5 N–H and O–H groups in total. The fraction of sp³-hybridized carbons (Fsp3) is 0.103. The summed E-state index contributed by atoms with van der Waals surface area (Å²) in [5.74, 6) is -0.290. The molecule has 38 heavy (non-hydrogen) atoms. The summed E-state index contributed by atoms with van der Waals surface area (Å²) in [5.41, 5.74) is 11.2. The molecule has 2 aromatic heterocycles. The number of benzene rings is 2. The lowest BCUT2D eigenvalue weighted by Crippen LogP contribution is -2.24. The number of nitrogens with one attached hydrogen (secondary N) is 3. The molecule has 0 saturated carbocycles. The standard InChI is InChI=1S/C29H25FN6O2/c30-20-8-5-19(6-9-20)15-35-29(38)23-4-2-12-34-28(23)33-11-1-3-18-7-10-22-24(13-18)26(31)27(37)25(22)14-21-16-32-17-36-21/h1-10,12-14,16-17,26H,11,15,31H2,(H,32,36)(H,33,34)(H,35,38)/b3-1+,25-14-. The third-order valence-corrected chi connectivity index (χ3v) is 6.18. The van der Waals surface area contributed by atoms with Crippen LogP contribution >= 0.6 is 0 Å². The first-order chi connectivity index (χ1) is 18.5. The van der Waals surface area contributed by atoms with E-state index in [2.05, 4.69) is 25.6 Å².